The Kier molecular flexibility index (Phi) is 3.32. The molecule has 1 aliphatic carbocycles. The third-order valence-electron chi connectivity index (χ3n) is 3.58. The average molecular weight is 397 g/mol. The third-order valence-corrected chi connectivity index (χ3v) is 5.10. The van der Waals surface area contributed by atoms with E-state index in [1.165, 1.54) is 18.2 Å². The highest BCUT2D eigenvalue weighted by Crippen LogP contribution is 2.40. The van der Waals surface area contributed by atoms with Crippen molar-refractivity contribution in [2.45, 2.75) is 4.90 Å². The lowest BCUT2D eigenvalue weighted by molar-refractivity contribution is 0.0979. The summed E-state index contributed by atoms with van der Waals surface area (Å²) in [6.07, 6.45) is 0. The Morgan fingerprint density at radius 1 is 1.00 bits per heavy atom. The van der Waals surface area contributed by atoms with Crippen LogP contribution >= 0.6 is 15.9 Å². The molecule has 9 heteroatoms. The summed E-state index contributed by atoms with van der Waals surface area (Å²) in [4.78, 5) is 24.7. The molecule has 1 aliphatic rings. The molecule has 5 N–H and O–H groups in total. The molecule has 0 aliphatic heterocycles. The molecule has 0 saturated carbocycles. The normalized spacial score (nSPS) is 13.7. The maximum atomic E-state index is 12.7. The van der Waals surface area contributed by atoms with Gasteiger partial charge in [-0.2, -0.15) is 8.42 Å². The summed E-state index contributed by atoms with van der Waals surface area (Å²) in [6.45, 7) is 0. The van der Waals surface area contributed by atoms with E-state index in [-0.39, 0.29) is 32.4 Å². The molecule has 0 amide bonds. The van der Waals surface area contributed by atoms with Crippen LogP contribution in [0.3, 0.4) is 0 Å². The lowest BCUT2D eigenvalue weighted by Crippen LogP contribution is -2.25. The number of halogens is 1. The molecule has 0 bridgehead atoms. The van der Waals surface area contributed by atoms with E-state index in [1.807, 2.05) is 0 Å². The van der Waals surface area contributed by atoms with Crippen LogP contribution in [0.25, 0.3) is 0 Å². The minimum absolute atomic E-state index is 0.0292. The second kappa shape index (κ2) is 4.88. The van der Waals surface area contributed by atoms with Crippen LogP contribution in [0, 0.1) is 0 Å². The van der Waals surface area contributed by atoms with Crippen molar-refractivity contribution in [3.05, 3.63) is 51.0 Å². The summed E-state index contributed by atoms with van der Waals surface area (Å²) >= 11 is 3.06. The lowest BCUT2D eigenvalue weighted by atomic mass is 9.82. The van der Waals surface area contributed by atoms with Gasteiger partial charge in [-0.25, -0.2) is 0 Å². The minimum atomic E-state index is -4.66. The molecule has 23 heavy (non-hydrogen) atoms. The summed E-state index contributed by atoms with van der Waals surface area (Å²) in [6, 6.07) is 5.38. The Labute approximate surface area is 139 Å². The van der Waals surface area contributed by atoms with Gasteiger partial charge >= 0.3 is 0 Å². The van der Waals surface area contributed by atoms with E-state index in [0.717, 1.165) is 6.07 Å². The van der Waals surface area contributed by atoms with Gasteiger partial charge in [0.25, 0.3) is 10.1 Å². The van der Waals surface area contributed by atoms with Gasteiger partial charge in [-0.3, -0.25) is 14.1 Å². The highest BCUT2D eigenvalue weighted by Gasteiger charge is 2.36. The number of nitrogens with two attached hydrogens (primary N) is 2. The van der Waals surface area contributed by atoms with Crippen molar-refractivity contribution in [2.24, 2.45) is 0 Å². The van der Waals surface area contributed by atoms with Crippen molar-refractivity contribution in [1.29, 1.82) is 0 Å². The van der Waals surface area contributed by atoms with Gasteiger partial charge < -0.3 is 11.5 Å². The van der Waals surface area contributed by atoms with Crippen molar-refractivity contribution in [1.82, 2.24) is 0 Å². The Morgan fingerprint density at radius 3 is 2.26 bits per heavy atom. The van der Waals surface area contributed by atoms with Crippen LogP contribution in [0.2, 0.25) is 0 Å². The maximum Gasteiger partial charge on any atom is 0.296 e. The molecule has 118 valence electrons. The highest BCUT2D eigenvalue weighted by molar-refractivity contribution is 9.10. The van der Waals surface area contributed by atoms with Gasteiger partial charge in [0.15, 0.2) is 11.6 Å². The van der Waals surface area contributed by atoms with Crippen LogP contribution in [0.1, 0.15) is 31.8 Å². The number of carbonyl (C=O) groups is 2. The van der Waals surface area contributed by atoms with Gasteiger partial charge in [-0.05, 0) is 28.1 Å². The Morgan fingerprint density at radius 2 is 1.65 bits per heavy atom. The Bertz CT molecular complexity index is 1010. The molecule has 0 fully saturated rings. The number of nitrogen functional groups attached to an aromatic ring is 2. The molecular weight excluding hydrogens is 388 g/mol. The quantitative estimate of drug-likeness (QED) is 0.419. The van der Waals surface area contributed by atoms with E-state index in [9.17, 15) is 22.6 Å². The van der Waals surface area contributed by atoms with E-state index in [2.05, 4.69) is 15.9 Å². The molecule has 7 nitrogen and oxygen atoms in total. The van der Waals surface area contributed by atoms with Crippen LogP contribution in [-0.2, 0) is 10.1 Å². The number of ketones is 2. The fraction of sp³-hybridized carbons (Fsp3) is 0. The molecule has 0 saturated heterocycles. The number of rotatable bonds is 1. The predicted octanol–water partition coefficient (Wildman–Crippen LogP) is 1.64. The first-order valence-corrected chi connectivity index (χ1v) is 8.45. The van der Waals surface area contributed by atoms with Gasteiger partial charge in [0.2, 0.25) is 0 Å². The molecule has 0 heterocycles. The lowest BCUT2D eigenvalue weighted by Gasteiger charge is -2.22. The molecular formula is C14H9BrN2O5S. The van der Waals surface area contributed by atoms with Crippen molar-refractivity contribution in [2.75, 3.05) is 11.5 Å². The number of carbonyl (C=O) groups excluding carboxylic acids is 2. The molecule has 3 rings (SSSR count). The maximum absolute atomic E-state index is 12.7. The number of anilines is 2. The number of hydrogen-bond donors (Lipinski definition) is 3. The molecule has 0 spiro atoms. The largest absolute Gasteiger partial charge is 0.398 e. The van der Waals surface area contributed by atoms with Crippen molar-refractivity contribution < 1.29 is 22.6 Å². The summed E-state index contributed by atoms with van der Waals surface area (Å²) in [5.74, 6) is -1.18. The van der Waals surface area contributed by atoms with Gasteiger partial charge in [0.1, 0.15) is 4.90 Å². The minimum Gasteiger partial charge on any atom is -0.398 e. The number of benzene rings is 2. The van der Waals surface area contributed by atoms with Crippen molar-refractivity contribution >= 4 is 49.0 Å². The van der Waals surface area contributed by atoms with E-state index in [0.29, 0.717) is 0 Å². The first-order chi connectivity index (χ1) is 10.6. The first-order valence-electron chi connectivity index (χ1n) is 6.22. The van der Waals surface area contributed by atoms with Gasteiger partial charge in [-0.15, -0.1) is 0 Å². The van der Waals surface area contributed by atoms with Crippen molar-refractivity contribution in [3.8, 4) is 0 Å². The van der Waals surface area contributed by atoms with E-state index in [4.69, 9.17) is 11.5 Å². The fourth-order valence-electron chi connectivity index (χ4n) is 2.59. The molecule has 2 aromatic carbocycles. The zero-order valence-corrected chi connectivity index (χ0v) is 13.7. The average Bonchev–Trinajstić information content (AvgIpc) is 2.45. The topological polar surface area (TPSA) is 141 Å². The van der Waals surface area contributed by atoms with Gasteiger partial charge in [0.05, 0.1) is 22.4 Å². The highest BCUT2D eigenvalue weighted by atomic mass is 79.9. The van der Waals surface area contributed by atoms with Crippen LogP contribution in [0.5, 0.6) is 0 Å². The van der Waals surface area contributed by atoms with Crippen molar-refractivity contribution in [3.63, 3.8) is 0 Å². The predicted molar refractivity (Wildman–Crippen MR) is 86.1 cm³/mol. The first kappa shape index (κ1) is 15.7. The summed E-state index contributed by atoms with van der Waals surface area (Å²) in [5.41, 5.74) is 10.9. The Balaban J connectivity index is 2.45. The van der Waals surface area contributed by atoms with E-state index >= 15 is 0 Å². The molecule has 2 aromatic rings. The Hall–Kier alpha value is -2.23. The smallest absolute Gasteiger partial charge is 0.296 e. The number of fused-ring (bicyclic) bond motifs is 2. The van der Waals surface area contributed by atoms with E-state index < -0.39 is 32.3 Å². The fourth-order valence-corrected chi connectivity index (χ4v) is 3.99. The SMILES string of the molecule is Nc1cccc2c1C(=O)c1c(Br)cc(S(=O)(=O)O)c(N)c1C2=O. The zero-order valence-electron chi connectivity index (χ0n) is 11.3. The zero-order chi connectivity index (χ0) is 17.1. The monoisotopic (exact) mass is 396 g/mol. The van der Waals surface area contributed by atoms with Crippen LogP contribution in [0.15, 0.2) is 33.6 Å². The van der Waals surface area contributed by atoms with Crippen LogP contribution in [0.4, 0.5) is 11.4 Å². The van der Waals surface area contributed by atoms with Crippen LogP contribution < -0.4 is 11.5 Å². The third kappa shape index (κ3) is 2.16. The molecule has 0 aromatic heterocycles. The number of hydrogen-bond acceptors (Lipinski definition) is 6. The summed E-state index contributed by atoms with van der Waals surface area (Å²) < 4.78 is 32.1. The summed E-state index contributed by atoms with van der Waals surface area (Å²) in [7, 11) is -4.66. The van der Waals surface area contributed by atoms with E-state index in [1.54, 1.807) is 0 Å². The van der Waals surface area contributed by atoms with Gasteiger partial charge in [-0.1, -0.05) is 12.1 Å². The van der Waals surface area contributed by atoms with Gasteiger partial charge in [0, 0.05) is 15.7 Å². The molecule has 0 unspecified atom stereocenters. The standard InChI is InChI=1S/C14H9BrN2O5S/c15-6-4-8(23(20,21)22)12(17)11-10(6)14(19)9-5(13(11)18)2-1-3-7(9)16/h1-4H,16-17H2,(H,20,21,22). The van der Waals surface area contributed by atoms with Crippen LogP contribution in [-0.4, -0.2) is 24.5 Å². The summed E-state index contributed by atoms with van der Waals surface area (Å²) in [5, 5.41) is 0. The molecule has 0 radical (unpaired) electrons. The second-order valence-electron chi connectivity index (χ2n) is 4.92. The molecule has 0 atom stereocenters. The second-order valence-corrected chi connectivity index (χ2v) is 7.17.